The van der Waals surface area contributed by atoms with E-state index < -0.39 is 11.4 Å². The van der Waals surface area contributed by atoms with Crippen molar-refractivity contribution in [3.05, 3.63) is 38.8 Å². The third-order valence-corrected chi connectivity index (χ3v) is 5.30. The third kappa shape index (κ3) is 2.20. The Morgan fingerprint density at radius 1 is 1.42 bits per heavy atom. The summed E-state index contributed by atoms with van der Waals surface area (Å²) in [6.45, 7) is 4.77. The van der Waals surface area contributed by atoms with E-state index in [-0.39, 0.29) is 17.5 Å². The van der Waals surface area contributed by atoms with Gasteiger partial charge >= 0.3 is 5.97 Å². The Kier molecular flexibility index (Phi) is 3.35. The maximum Gasteiger partial charge on any atom is 0.341 e. The van der Waals surface area contributed by atoms with Crippen LogP contribution in [0.4, 0.5) is 0 Å². The van der Waals surface area contributed by atoms with Crippen molar-refractivity contribution < 1.29 is 9.90 Å². The van der Waals surface area contributed by atoms with Gasteiger partial charge < -0.3 is 9.67 Å². The summed E-state index contributed by atoms with van der Waals surface area (Å²) in [6, 6.07) is 1.41. The predicted molar refractivity (Wildman–Crippen MR) is 89.7 cm³/mol. The Morgan fingerprint density at radius 2 is 2.12 bits per heavy atom. The molecule has 2 aromatic heterocycles. The summed E-state index contributed by atoms with van der Waals surface area (Å²) in [4.78, 5) is 23.6. The van der Waals surface area contributed by atoms with E-state index in [1.54, 1.807) is 0 Å². The molecule has 0 aromatic carbocycles. The highest BCUT2D eigenvalue weighted by molar-refractivity contribution is 6.33. The van der Waals surface area contributed by atoms with E-state index in [2.05, 4.69) is 18.9 Å². The molecule has 6 nitrogen and oxygen atoms in total. The number of rotatable bonds is 3. The number of halogens is 1. The molecular weight excluding hydrogens is 330 g/mol. The third-order valence-electron chi connectivity index (χ3n) is 4.92. The van der Waals surface area contributed by atoms with Crippen molar-refractivity contribution >= 4 is 17.6 Å². The van der Waals surface area contributed by atoms with E-state index in [4.69, 9.17) is 11.6 Å². The largest absolute Gasteiger partial charge is 0.477 e. The quantitative estimate of drug-likeness (QED) is 0.925. The van der Waals surface area contributed by atoms with Crippen LogP contribution in [0.1, 0.15) is 54.7 Å². The summed E-state index contributed by atoms with van der Waals surface area (Å²) in [5, 5.41) is 14.5. The maximum absolute atomic E-state index is 12.2. The smallest absolute Gasteiger partial charge is 0.341 e. The molecular formula is C17H18ClN3O3. The van der Waals surface area contributed by atoms with Gasteiger partial charge in [-0.25, -0.2) is 4.79 Å². The number of carboxylic acid groups (broad SMARTS) is 1. The molecule has 24 heavy (non-hydrogen) atoms. The fraction of sp³-hybridized carbons (Fsp3) is 0.471. The predicted octanol–water partition coefficient (Wildman–Crippen LogP) is 3.15. The summed E-state index contributed by atoms with van der Waals surface area (Å²) in [5.41, 5.74) is 1.56. The molecule has 7 heteroatoms. The van der Waals surface area contributed by atoms with Gasteiger partial charge in [0.25, 0.3) is 0 Å². The van der Waals surface area contributed by atoms with Crippen LogP contribution in [-0.4, -0.2) is 25.4 Å². The Hall–Kier alpha value is -2.08. The zero-order valence-corrected chi connectivity index (χ0v) is 14.2. The van der Waals surface area contributed by atoms with Crippen LogP contribution >= 0.6 is 11.6 Å². The van der Waals surface area contributed by atoms with Crippen LogP contribution in [-0.2, 0) is 6.54 Å². The fourth-order valence-corrected chi connectivity index (χ4v) is 3.81. The first kappa shape index (κ1) is 15.4. The van der Waals surface area contributed by atoms with Gasteiger partial charge in [0.2, 0.25) is 0 Å². The van der Waals surface area contributed by atoms with Crippen LogP contribution in [0.25, 0.3) is 11.4 Å². The summed E-state index contributed by atoms with van der Waals surface area (Å²) >= 11 is 6.57. The first-order valence-corrected chi connectivity index (χ1v) is 8.52. The van der Waals surface area contributed by atoms with Crippen LogP contribution in [0, 0.1) is 5.92 Å². The van der Waals surface area contributed by atoms with E-state index in [9.17, 15) is 14.7 Å². The number of hydrogen-bond acceptors (Lipinski definition) is 3. The number of fused-ring (bicyclic) bond motifs is 3. The molecule has 2 aliphatic rings. The van der Waals surface area contributed by atoms with Crippen LogP contribution < -0.4 is 5.43 Å². The van der Waals surface area contributed by atoms with Crippen LogP contribution in [0.3, 0.4) is 0 Å². The molecule has 0 amide bonds. The van der Waals surface area contributed by atoms with Crippen molar-refractivity contribution in [2.24, 2.45) is 5.92 Å². The molecule has 0 bridgehead atoms. The molecule has 126 valence electrons. The monoisotopic (exact) mass is 347 g/mol. The molecule has 1 N–H and O–H groups in total. The van der Waals surface area contributed by atoms with Crippen LogP contribution in [0.15, 0.2) is 17.1 Å². The van der Waals surface area contributed by atoms with E-state index in [1.807, 2.05) is 9.25 Å². The Bertz CT molecular complexity index is 909. The lowest BCUT2D eigenvalue weighted by Crippen LogP contribution is -2.31. The normalized spacial score (nSPS) is 19.2. The zero-order valence-electron chi connectivity index (χ0n) is 13.5. The summed E-state index contributed by atoms with van der Waals surface area (Å²) in [7, 11) is 0. The standard InChI is InChI=1S/C17H18ClN3O3/c1-8(2)12-7-21-16(14(18)15(19-21)9-3-4-9)11-5-13(22)10(17(23)24)6-20(11)12/h5-6,8-9,12H,3-4,7H2,1-2H3,(H,23,24)/t12-/m0/s1. The fourth-order valence-electron chi connectivity index (χ4n) is 3.42. The lowest BCUT2D eigenvalue weighted by Gasteiger charge is -2.32. The van der Waals surface area contributed by atoms with E-state index in [0.717, 1.165) is 24.2 Å². The van der Waals surface area contributed by atoms with Crippen molar-refractivity contribution in [1.29, 1.82) is 0 Å². The minimum absolute atomic E-state index is 0.0224. The molecule has 3 heterocycles. The van der Waals surface area contributed by atoms with Gasteiger partial charge in [-0.1, -0.05) is 25.4 Å². The molecule has 1 atom stereocenters. The molecule has 1 aliphatic carbocycles. The molecule has 1 aliphatic heterocycles. The van der Waals surface area contributed by atoms with E-state index in [1.165, 1.54) is 12.3 Å². The van der Waals surface area contributed by atoms with Gasteiger partial charge in [0, 0.05) is 18.2 Å². The average Bonchev–Trinajstić information content (AvgIpc) is 3.29. The van der Waals surface area contributed by atoms with Gasteiger partial charge in [-0.15, -0.1) is 0 Å². The number of carboxylic acids is 1. The number of aromatic nitrogens is 3. The SMILES string of the molecule is CC(C)[C@@H]1Cn2nc(C3CC3)c(Cl)c2-c2cc(=O)c(C(=O)O)cn21. The minimum atomic E-state index is -1.21. The maximum atomic E-state index is 12.2. The lowest BCUT2D eigenvalue weighted by atomic mass is 9.99. The number of aromatic carboxylic acids is 1. The van der Waals surface area contributed by atoms with Crippen LogP contribution in [0.5, 0.6) is 0 Å². The molecule has 0 spiro atoms. The zero-order chi connectivity index (χ0) is 17.2. The number of hydrogen-bond donors (Lipinski definition) is 1. The average molecular weight is 348 g/mol. The number of carbonyl (C=O) groups is 1. The second kappa shape index (κ2) is 5.21. The van der Waals surface area contributed by atoms with Gasteiger partial charge in [0.15, 0.2) is 5.43 Å². The second-order valence-corrected chi connectivity index (χ2v) is 7.34. The Morgan fingerprint density at radius 3 is 2.71 bits per heavy atom. The van der Waals surface area contributed by atoms with Gasteiger partial charge in [-0.3, -0.25) is 9.48 Å². The highest BCUT2D eigenvalue weighted by Gasteiger charge is 2.36. The van der Waals surface area contributed by atoms with E-state index >= 15 is 0 Å². The van der Waals surface area contributed by atoms with Crippen molar-refractivity contribution in [3.63, 3.8) is 0 Å². The molecule has 2 aromatic rings. The van der Waals surface area contributed by atoms with Gasteiger partial charge in [-0.2, -0.15) is 5.10 Å². The number of pyridine rings is 1. The molecule has 0 saturated heterocycles. The molecule has 0 radical (unpaired) electrons. The molecule has 0 unspecified atom stereocenters. The van der Waals surface area contributed by atoms with Crippen molar-refractivity contribution in [1.82, 2.24) is 14.3 Å². The van der Waals surface area contributed by atoms with Gasteiger partial charge in [0.05, 0.1) is 29.0 Å². The van der Waals surface area contributed by atoms with Crippen molar-refractivity contribution in [3.8, 4) is 11.4 Å². The van der Waals surface area contributed by atoms with Crippen molar-refractivity contribution in [2.75, 3.05) is 0 Å². The molecule has 4 rings (SSSR count). The van der Waals surface area contributed by atoms with Crippen molar-refractivity contribution in [2.45, 2.75) is 45.2 Å². The highest BCUT2D eigenvalue weighted by Crippen LogP contribution is 2.47. The highest BCUT2D eigenvalue weighted by atomic mass is 35.5. The summed E-state index contributed by atoms with van der Waals surface area (Å²) < 4.78 is 3.77. The second-order valence-electron chi connectivity index (χ2n) is 6.96. The first-order chi connectivity index (χ1) is 11.4. The summed E-state index contributed by atoms with van der Waals surface area (Å²) in [6.07, 6.45) is 3.64. The Labute approximate surface area is 143 Å². The van der Waals surface area contributed by atoms with E-state index in [0.29, 0.717) is 23.2 Å². The number of nitrogens with zero attached hydrogens (tertiary/aromatic N) is 3. The molecule has 1 fully saturated rings. The Balaban J connectivity index is 1.98. The van der Waals surface area contributed by atoms with Gasteiger partial charge in [0.1, 0.15) is 11.3 Å². The van der Waals surface area contributed by atoms with Crippen LogP contribution in [0.2, 0.25) is 5.02 Å². The topological polar surface area (TPSA) is 77.1 Å². The summed E-state index contributed by atoms with van der Waals surface area (Å²) in [5.74, 6) is -0.540. The lowest BCUT2D eigenvalue weighted by molar-refractivity contribution is 0.0694. The minimum Gasteiger partial charge on any atom is -0.477 e. The molecule has 1 saturated carbocycles. The first-order valence-electron chi connectivity index (χ1n) is 8.14. The van der Waals surface area contributed by atoms with Gasteiger partial charge in [-0.05, 0) is 18.8 Å².